The molecule has 1 aromatic heterocycles. The highest BCUT2D eigenvalue weighted by Crippen LogP contribution is 2.21. The molecular formula is C17H17N5O. The average molecular weight is 307 g/mol. The van der Waals surface area contributed by atoms with E-state index in [9.17, 15) is 4.79 Å². The van der Waals surface area contributed by atoms with Gasteiger partial charge in [0.1, 0.15) is 11.4 Å². The molecule has 3 aromatic rings. The van der Waals surface area contributed by atoms with Crippen LogP contribution in [-0.4, -0.2) is 16.1 Å². The summed E-state index contributed by atoms with van der Waals surface area (Å²) in [4.78, 5) is 12.4. The van der Waals surface area contributed by atoms with Gasteiger partial charge in [-0.2, -0.15) is 5.10 Å². The standard InChI is InChI=1S/C17H17N5O/c18-15-14(17(23)20-13-9-5-2-6-10-13)16(22-21-15)19-11-12-7-3-1-4-8-12/h1-10H,11H2,(H,20,23)(H4,18,19,21,22). The molecule has 6 nitrogen and oxygen atoms in total. The second-order valence-electron chi connectivity index (χ2n) is 5.02. The van der Waals surface area contributed by atoms with Crippen molar-refractivity contribution in [2.24, 2.45) is 0 Å². The summed E-state index contributed by atoms with van der Waals surface area (Å²) >= 11 is 0. The normalized spacial score (nSPS) is 10.3. The number of aromatic amines is 1. The van der Waals surface area contributed by atoms with E-state index in [4.69, 9.17) is 5.73 Å². The van der Waals surface area contributed by atoms with Gasteiger partial charge in [0.05, 0.1) is 0 Å². The van der Waals surface area contributed by atoms with Crippen LogP contribution in [0.1, 0.15) is 15.9 Å². The number of rotatable bonds is 5. The van der Waals surface area contributed by atoms with Crippen LogP contribution < -0.4 is 16.4 Å². The van der Waals surface area contributed by atoms with Crippen LogP contribution in [0.4, 0.5) is 17.3 Å². The summed E-state index contributed by atoms with van der Waals surface area (Å²) in [5, 5.41) is 12.7. The number of aromatic nitrogens is 2. The Labute approximate surface area is 133 Å². The van der Waals surface area contributed by atoms with Crippen LogP contribution >= 0.6 is 0 Å². The number of para-hydroxylation sites is 1. The number of amides is 1. The minimum Gasteiger partial charge on any atom is -0.383 e. The van der Waals surface area contributed by atoms with Crippen LogP contribution in [0.3, 0.4) is 0 Å². The quantitative estimate of drug-likeness (QED) is 0.583. The van der Waals surface area contributed by atoms with Crippen molar-refractivity contribution in [1.29, 1.82) is 0 Å². The van der Waals surface area contributed by atoms with Crippen LogP contribution in [0.15, 0.2) is 60.7 Å². The van der Waals surface area contributed by atoms with Crippen LogP contribution in [0.2, 0.25) is 0 Å². The molecule has 0 atom stereocenters. The number of nitrogens with zero attached hydrogens (tertiary/aromatic N) is 1. The number of nitrogens with two attached hydrogens (primary N) is 1. The zero-order valence-electron chi connectivity index (χ0n) is 12.4. The van der Waals surface area contributed by atoms with Crippen LogP contribution in [0.25, 0.3) is 0 Å². The van der Waals surface area contributed by atoms with Crippen molar-refractivity contribution < 1.29 is 4.79 Å². The van der Waals surface area contributed by atoms with Crippen molar-refractivity contribution in [3.05, 3.63) is 71.8 Å². The van der Waals surface area contributed by atoms with Gasteiger partial charge in [0, 0.05) is 12.2 Å². The first-order valence-electron chi connectivity index (χ1n) is 7.22. The predicted octanol–water partition coefficient (Wildman–Crippen LogP) is 2.86. The van der Waals surface area contributed by atoms with Gasteiger partial charge >= 0.3 is 0 Å². The summed E-state index contributed by atoms with van der Waals surface area (Å²) in [6.07, 6.45) is 0. The summed E-state index contributed by atoms with van der Waals surface area (Å²) in [7, 11) is 0. The molecule has 0 saturated carbocycles. The van der Waals surface area contributed by atoms with E-state index in [0.29, 0.717) is 23.6 Å². The lowest BCUT2D eigenvalue weighted by Gasteiger charge is -2.08. The maximum Gasteiger partial charge on any atom is 0.263 e. The van der Waals surface area contributed by atoms with E-state index in [-0.39, 0.29) is 11.7 Å². The van der Waals surface area contributed by atoms with Crippen molar-refractivity contribution in [2.75, 3.05) is 16.4 Å². The largest absolute Gasteiger partial charge is 0.383 e. The molecule has 0 spiro atoms. The van der Waals surface area contributed by atoms with Crippen LogP contribution in [0, 0.1) is 0 Å². The summed E-state index contributed by atoms with van der Waals surface area (Å²) in [5.74, 6) is 0.354. The number of nitrogens with one attached hydrogen (secondary N) is 3. The Morgan fingerprint density at radius 3 is 2.39 bits per heavy atom. The first-order chi connectivity index (χ1) is 11.2. The van der Waals surface area contributed by atoms with Gasteiger partial charge in [-0.05, 0) is 17.7 Å². The highest BCUT2D eigenvalue weighted by Gasteiger charge is 2.19. The lowest BCUT2D eigenvalue weighted by atomic mass is 10.2. The molecule has 5 N–H and O–H groups in total. The number of H-pyrrole nitrogens is 1. The monoisotopic (exact) mass is 307 g/mol. The van der Waals surface area contributed by atoms with Gasteiger partial charge in [-0.25, -0.2) is 0 Å². The van der Waals surface area contributed by atoms with E-state index in [0.717, 1.165) is 5.56 Å². The first-order valence-corrected chi connectivity index (χ1v) is 7.22. The Morgan fingerprint density at radius 2 is 1.70 bits per heavy atom. The number of hydrogen-bond acceptors (Lipinski definition) is 4. The number of carbonyl (C=O) groups is 1. The summed E-state index contributed by atoms with van der Waals surface area (Å²) in [6.45, 7) is 0.552. The molecule has 0 saturated heterocycles. The fourth-order valence-corrected chi connectivity index (χ4v) is 2.21. The lowest BCUT2D eigenvalue weighted by Crippen LogP contribution is -2.15. The molecule has 2 aromatic carbocycles. The van der Waals surface area contributed by atoms with E-state index in [1.54, 1.807) is 0 Å². The number of hydrogen-bond donors (Lipinski definition) is 4. The van der Waals surface area contributed by atoms with Gasteiger partial charge in [-0.1, -0.05) is 48.5 Å². The van der Waals surface area contributed by atoms with E-state index < -0.39 is 0 Å². The maximum absolute atomic E-state index is 12.4. The average Bonchev–Trinajstić information content (AvgIpc) is 2.95. The topological polar surface area (TPSA) is 95.8 Å². The summed E-state index contributed by atoms with van der Waals surface area (Å²) < 4.78 is 0. The molecule has 1 amide bonds. The Kier molecular flexibility index (Phi) is 4.24. The van der Waals surface area contributed by atoms with E-state index >= 15 is 0 Å². The number of carbonyl (C=O) groups excluding carboxylic acids is 1. The molecule has 3 rings (SSSR count). The van der Waals surface area contributed by atoms with E-state index in [1.165, 1.54) is 0 Å². The molecule has 0 aliphatic carbocycles. The third-order valence-corrected chi connectivity index (χ3v) is 3.36. The number of anilines is 3. The predicted molar refractivity (Wildman–Crippen MR) is 91.2 cm³/mol. The third-order valence-electron chi connectivity index (χ3n) is 3.36. The zero-order valence-corrected chi connectivity index (χ0v) is 12.4. The highest BCUT2D eigenvalue weighted by molar-refractivity contribution is 6.10. The molecular weight excluding hydrogens is 290 g/mol. The van der Waals surface area contributed by atoms with E-state index in [1.807, 2.05) is 60.7 Å². The molecule has 0 aliphatic heterocycles. The Balaban J connectivity index is 1.74. The summed E-state index contributed by atoms with van der Waals surface area (Å²) in [5.41, 5.74) is 7.94. The minimum absolute atomic E-state index is 0.231. The lowest BCUT2D eigenvalue weighted by molar-refractivity contribution is 0.102. The van der Waals surface area contributed by atoms with Gasteiger partial charge in [-0.15, -0.1) is 0 Å². The molecule has 0 unspecified atom stereocenters. The van der Waals surface area contributed by atoms with Crippen molar-refractivity contribution in [3.8, 4) is 0 Å². The Bertz CT molecular complexity index is 783. The molecule has 1 heterocycles. The first kappa shape index (κ1) is 14.6. The minimum atomic E-state index is -0.307. The van der Waals surface area contributed by atoms with Gasteiger partial charge in [0.15, 0.2) is 5.82 Å². The highest BCUT2D eigenvalue weighted by atomic mass is 16.1. The third kappa shape index (κ3) is 3.49. The molecule has 0 bridgehead atoms. The van der Waals surface area contributed by atoms with Crippen molar-refractivity contribution >= 4 is 23.2 Å². The van der Waals surface area contributed by atoms with Crippen molar-refractivity contribution in [2.45, 2.75) is 6.54 Å². The second-order valence-corrected chi connectivity index (χ2v) is 5.02. The number of nitrogen functional groups attached to an aromatic ring is 1. The van der Waals surface area contributed by atoms with Crippen LogP contribution in [0.5, 0.6) is 0 Å². The molecule has 6 heteroatoms. The molecule has 116 valence electrons. The SMILES string of the molecule is Nc1[nH]nc(NCc2ccccc2)c1C(=O)Nc1ccccc1. The fraction of sp³-hybridized carbons (Fsp3) is 0.0588. The Morgan fingerprint density at radius 1 is 1.04 bits per heavy atom. The van der Waals surface area contributed by atoms with Gasteiger partial charge in [0.25, 0.3) is 5.91 Å². The molecule has 0 aliphatic rings. The van der Waals surface area contributed by atoms with Gasteiger partial charge < -0.3 is 16.4 Å². The van der Waals surface area contributed by atoms with Crippen LogP contribution in [-0.2, 0) is 6.54 Å². The maximum atomic E-state index is 12.4. The second kappa shape index (κ2) is 6.65. The molecule has 0 fully saturated rings. The van der Waals surface area contributed by atoms with Crippen molar-refractivity contribution in [3.63, 3.8) is 0 Å². The Hall–Kier alpha value is -3.28. The van der Waals surface area contributed by atoms with Gasteiger partial charge in [-0.3, -0.25) is 9.89 Å². The van der Waals surface area contributed by atoms with E-state index in [2.05, 4.69) is 20.8 Å². The smallest absolute Gasteiger partial charge is 0.263 e. The zero-order chi connectivity index (χ0) is 16.1. The molecule has 23 heavy (non-hydrogen) atoms. The number of benzene rings is 2. The van der Waals surface area contributed by atoms with Gasteiger partial charge in [0.2, 0.25) is 0 Å². The fourth-order valence-electron chi connectivity index (χ4n) is 2.21. The molecule has 0 radical (unpaired) electrons. The summed E-state index contributed by atoms with van der Waals surface area (Å²) in [6, 6.07) is 19.1. The van der Waals surface area contributed by atoms with Crippen molar-refractivity contribution in [1.82, 2.24) is 10.2 Å².